The lowest BCUT2D eigenvalue weighted by Crippen LogP contribution is -2.41. The van der Waals surface area contributed by atoms with Crippen LogP contribution in [0.1, 0.15) is 33.3 Å². The molecule has 0 N–H and O–H groups in total. The quantitative estimate of drug-likeness (QED) is 0.701. The van der Waals surface area contributed by atoms with Crippen molar-refractivity contribution < 1.29 is 14.3 Å². The highest BCUT2D eigenvalue weighted by Gasteiger charge is 2.55. The zero-order chi connectivity index (χ0) is 12.7. The van der Waals surface area contributed by atoms with Crippen molar-refractivity contribution in [3.05, 3.63) is 35.9 Å². The summed E-state index contributed by atoms with van der Waals surface area (Å²) in [6.07, 6.45) is -0.519. The zero-order valence-electron chi connectivity index (χ0n) is 10.7. The molecule has 1 aromatic rings. The van der Waals surface area contributed by atoms with E-state index in [4.69, 9.17) is 9.47 Å². The summed E-state index contributed by atoms with van der Waals surface area (Å²) >= 11 is 0. The lowest BCUT2D eigenvalue weighted by Gasteiger charge is -2.39. The number of carbonyl (C=O) groups is 1. The topological polar surface area (TPSA) is 35.5 Å². The fourth-order valence-corrected chi connectivity index (χ4v) is 2.09. The number of hydrogen-bond acceptors (Lipinski definition) is 3. The van der Waals surface area contributed by atoms with Crippen LogP contribution < -0.4 is 0 Å². The maximum absolute atomic E-state index is 11.7. The van der Waals surface area contributed by atoms with E-state index in [0.717, 1.165) is 5.56 Å². The first-order valence-corrected chi connectivity index (χ1v) is 5.83. The highest BCUT2D eigenvalue weighted by Crippen LogP contribution is 2.48. The van der Waals surface area contributed by atoms with Gasteiger partial charge in [0.2, 0.25) is 5.79 Å². The van der Waals surface area contributed by atoms with E-state index in [2.05, 4.69) is 0 Å². The van der Waals surface area contributed by atoms with Gasteiger partial charge in [-0.1, -0.05) is 51.1 Å². The van der Waals surface area contributed by atoms with E-state index in [1.165, 1.54) is 0 Å². The van der Waals surface area contributed by atoms with Crippen LogP contribution in [0.5, 0.6) is 0 Å². The van der Waals surface area contributed by atoms with Crippen molar-refractivity contribution in [1.29, 1.82) is 0 Å². The number of benzene rings is 1. The molecule has 0 radical (unpaired) electrons. The first-order valence-electron chi connectivity index (χ1n) is 5.83. The van der Waals surface area contributed by atoms with Gasteiger partial charge in [0.25, 0.3) is 0 Å². The predicted molar refractivity (Wildman–Crippen MR) is 64.2 cm³/mol. The van der Waals surface area contributed by atoms with E-state index in [0.29, 0.717) is 0 Å². The molecule has 0 spiro atoms. The van der Waals surface area contributed by atoms with E-state index in [9.17, 15) is 4.79 Å². The van der Waals surface area contributed by atoms with Crippen LogP contribution in [0.2, 0.25) is 0 Å². The third-order valence-electron chi connectivity index (χ3n) is 3.06. The van der Waals surface area contributed by atoms with E-state index in [1.807, 2.05) is 51.1 Å². The molecule has 3 heteroatoms. The SMILES string of the molecule is C[C@H]1O[C@@](c2ccccc2)(C(C)(C)C)OC1=O. The van der Waals surface area contributed by atoms with Gasteiger partial charge in [-0.25, -0.2) is 4.79 Å². The summed E-state index contributed by atoms with van der Waals surface area (Å²) in [7, 11) is 0. The summed E-state index contributed by atoms with van der Waals surface area (Å²) in [5.74, 6) is -1.28. The molecular weight excluding hydrogens is 216 g/mol. The van der Waals surface area contributed by atoms with Crippen molar-refractivity contribution in [3.8, 4) is 0 Å². The van der Waals surface area contributed by atoms with Gasteiger partial charge in [-0.05, 0) is 6.92 Å². The number of ether oxygens (including phenoxy) is 2. The van der Waals surface area contributed by atoms with Gasteiger partial charge in [-0.3, -0.25) is 0 Å². The van der Waals surface area contributed by atoms with E-state index < -0.39 is 11.9 Å². The van der Waals surface area contributed by atoms with Crippen molar-refractivity contribution in [2.24, 2.45) is 5.41 Å². The predicted octanol–water partition coefficient (Wildman–Crippen LogP) is 2.85. The Morgan fingerprint density at radius 3 is 2.18 bits per heavy atom. The highest BCUT2D eigenvalue weighted by atomic mass is 16.8. The molecule has 1 fully saturated rings. The molecule has 0 saturated carbocycles. The molecule has 1 saturated heterocycles. The fraction of sp³-hybridized carbons (Fsp3) is 0.500. The third kappa shape index (κ3) is 1.84. The summed E-state index contributed by atoms with van der Waals surface area (Å²) < 4.78 is 11.4. The van der Waals surface area contributed by atoms with Gasteiger partial charge in [-0.15, -0.1) is 0 Å². The van der Waals surface area contributed by atoms with Gasteiger partial charge in [0.15, 0.2) is 6.10 Å². The molecule has 17 heavy (non-hydrogen) atoms. The van der Waals surface area contributed by atoms with Gasteiger partial charge >= 0.3 is 5.97 Å². The Morgan fingerprint density at radius 1 is 1.18 bits per heavy atom. The largest absolute Gasteiger partial charge is 0.426 e. The summed E-state index contributed by atoms with van der Waals surface area (Å²) in [6.45, 7) is 7.74. The summed E-state index contributed by atoms with van der Waals surface area (Å²) in [5, 5.41) is 0. The van der Waals surface area contributed by atoms with E-state index >= 15 is 0 Å². The molecule has 1 heterocycles. The molecule has 1 aliphatic rings. The van der Waals surface area contributed by atoms with Gasteiger partial charge < -0.3 is 9.47 Å². The Kier molecular flexibility index (Phi) is 2.74. The fourth-order valence-electron chi connectivity index (χ4n) is 2.09. The first-order chi connectivity index (χ1) is 7.87. The molecule has 0 unspecified atom stereocenters. The van der Waals surface area contributed by atoms with Crippen LogP contribution in [0.3, 0.4) is 0 Å². The van der Waals surface area contributed by atoms with Crippen molar-refractivity contribution >= 4 is 5.97 Å². The average Bonchev–Trinajstić information content (AvgIpc) is 2.57. The maximum Gasteiger partial charge on any atom is 0.337 e. The summed E-state index contributed by atoms with van der Waals surface area (Å²) in [6, 6.07) is 9.62. The van der Waals surface area contributed by atoms with Crippen LogP contribution in [0, 0.1) is 5.41 Å². The molecule has 92 valence electrons. The molecule has 1 aliphatic heterocycles. The third-order valence-corrected chi connectivity index (χ3v) is 3.06. The number of cyclic esters (lactones) is 1. The van der Waals surface area contributed by atoms with Gasteiger partial charge in [-0.2, -0.15) is 0 Å². The number of esters is 1. The second kappa shape index (κ2) is 3.84. The lowest BCUT2D eigenvalue weighted by molar-refractivity contribution is -0.238. The molecule has 3 nitrogen and oxygen atoms in total. The Balaban J connectivity index is 2.51. The number of hydrogen-bond donors (Lipinski definition) is 0. The van der Waals surface area contributed by atoms with Gasteiger partial charge in [0.05, 0.1) is 0 Å². The smallest absolute Gasteiger partial charge is 0.337 e. The van der Waals surface area contributed by atoms with Crippen molar-refractivity contribution in [3.63, 3.8) is 0 Å². The van der Waals surface area contributed by atoms with E-state index in [-0.39, 0.29) is 11.4 Å². The minimum absolute atomic E-state index is 0.302. The number of carbonyl (C=O) groups excluding carboxylic acids is 1. The molecule has 1 aromatic carbocycles. The number of rotatable bonds is 1. The van der Waals surface area contributed by atoms with Gasteiger partial charge in [0.1, 0.15) is 0 Å². The zero-order valence-corrected chi connectivity index (χ0v) is 10.7. The second-order valence-corrected chi connectivity index (χ2v) is 5.41. The Hall–Kier alpha value is -1.35. The van der Waals surface area contributed by atoms with E-state index in [1.54, 1.807) is 6.92 Å². The van der Waals surface area contributed by atoms with Crippen LogP contribution >= 0.6 is 0 Å². The normalized spacial score (nSPS) is 29.2. The Labute approximate surface area is 102 Å². The Bertz CT molecular complexity index is 419. The standard InChI is InChI=1S/C14H18O3/c1-10-12(15)17-14(16-10,13(2,3)4)11-8-6-5-7-9-11/h5-10H,1-4H3/t10-,14-/m1/s1. The van der Waals surface area contributed by atoms with Crippen molar-refractivity contribution in [2.75, 3.05) is 0 Å². The molecule has 0 amide bonds. The second-order valence-electron chi connectivity index (χ2n) is 5.41. The molecule has 2 rings (SSSR count). The highest BCUT2D eigenvalue weighted by molar-refractivity contribution is 5.76. The van der Waals surface area contributed by atoms with Crippen LogP contribution in [0.15, 0.2) is 30.3 Å². The average molecular weight is 234 g/mol. The lowest BCUT2D eigenvalue weighted by atomic mass is 9.81. The molecule has 0 bridgehead atoms. The van der Waals surface area contributed by atoms with Crippen LogP contribution in [-0.4, -0.2) is 12.1 Å². The summed E-state index contributed by atoms with van der Waals surface area (Å²) in [4.78, 5) is 11.7. The minimum Gasteiger partial charge on any atom is -0.426 e. The van der Waals surface area contributed by atoms with Crippen molar-refractivity contribution in [1.82, 2.24) is 0 Å². The van der Waals surface area contributed by atoms with Gasteiger partial charge in [0, 0.05) is 11.0 Å². The molecule has 0 aliphatic carbocycles. The minimum atomic E-state index is -0.981. The van der Waals surface area contributed by atoms with Crippen LogP contribution in [0.25, 0.3) is 0 Å². The van der Waals surface area contributed by atoms with Crippen molar-refractivity contribution in [2.45, 2.75) is 39.6 Å². The van der Waals surface area contributed by atoms with Crippen LogP contribution in [-0.2, 0) is 20.1 Å². The maximum atomic E-state index is 11.7. The monoisotopic (exact) mass is 234 g/mol. The Morgan fingerprint density at radius 2 is 1.76 bits per heavy atom. The molecule has 0 aromatic heterocycles. The molecular formula is C14H18O3. The first kappa shape index (κ1) is 12.1. The van der Waals surface area contributed by atoms with Crippen LogP contribution in [0.4, 0.5) is 0 Å². The molecule has 2 atom stereocenters. The summed E-state index contributed by atoms with van der Waals surface area (Å²) in [5.41, 5.74) is 0.555.